The Kier molecular flexibility index (Phi) is 6.79. The molecule has 0 heterocycles. The van der Waals surface area contributed by atoms with Gasteiger partial charge in [0, 0.05) is 6.07 Å². The lowest BCUT2D eigenvalue weighted by Gasteiger charge is -2.03. The van der Waals surface area contributed by atoms with Crippen LogP contribution in [-0.2, 0) is 0 Å². The van der Waals surface area contributed by atoms with Crippen LogP contribution in [0.3, 0.4) is 0 Å². The summed E-state index contributed by atoms with van der Waals surface area (Å²) in [4.78, 5) is 10.5. The van der Waals surface area contributed by atoms with Crippen LogP contribution >= 0.6 is 0 Å². The number of unbranched alkanes of at least 4 members (excludes halogenated alkanes) is 2. The van der Waals surface area contributed by atoms with Crippen molar-refractivity contribution in [2.45, 2.75) is 19.3 Å². The quantitative estimate of drug-likeness (QED) is 0.399. The second-order valence-corrected chi connectivity index (χ2v) is 5.67. The molecule has 0 saturated heterocycles. The third kappa shape index (κ3) is 5.37. The van der Waals surface area contributed by atoms with E-state index in [-0.39, 0.29) is 17.2 Å². The Morgan fingerprint density at radius 3 is 2.50 bits per heavy atom. The molecule has 2 N–H and O–H groups in total. The van der Waals surface area contributed by atoms with E-state index in [1.807, 2.05) is 18.2 Å². The van der Waals surface area contributed by atoms with E-state index in [4.69, 9.17) is 4.74 Å². The first-order valence-corrected chi connectivity index (χ1v) is 8.18. The molecule has 0 bridgehead atoms. The normalized spacial score (nSPS) is 11.3. The minimum absolute atomic E-state index is 0.00232. The smallest absolute Gasteiger partial charge is 0.276 e. The molecule has 2 rings (SSSR count). The van der Waals surface area contributed by atoms with Crippen LogP contribution in [-0.4, -0.2) is 22.2 Å². The first kappa shape index (κ1) is 19.1. The van der Waals surface area contributed by atoms with Crippen LogP contribution in [0.2, 0.25) is 0 Å². The minimum atomic E-state index is -0.465. The molecule has 0 aromatic heterocycles. The predicted molar refractivity (Wildman–Crippen MR) is 101 cm³/mol. The number of nitro groups is 1. The van der Waals surface area contributed by atoms with E-state index in [0.29, 0.717) is 11.3 Å². The number of nitrogens with zero attached hydrogens (tertiary/aromatic N) is 1. The van der Waals surface area contributed by atoms with Gasteiger partial charge in [0.25, 0.3) is 5.69 Å². The summed E-state index contributed by atoms with van der Waals surface area (Å²) in [7, 11) is 1.51. The fourth-order valence-electron chi connectivity index (χ4n) is 2.42. The van der Waals surface area contributed by atoms with Gasteiger partial charge in [0.15, 0.2) is 11.5 Å². The fraction of sp³-hybridized carbons (Fsp3) is 0.200. The molecule has 0 saturated carbocycles. The molecule has 6 nitrogen and oxygen atoms in total. The Morgan fingerprint density at radius 2 is 1.81 bits per heavy atom. The number of ether oxygens (including phenoxy) is 1. The molecule has 0 radical (unpaired) electrons. The summed E-state index contributed by atoms with van der Waals surface area (Å²) >= 11 is 0. The molecule has 2 aromatic rings. The number of benzene rings is 2. The van der Waals surface area contributed by atoms with Crippen LogP contribution in [0, 0.1) is 10.1 Å². The summed E-state index contributed by atoms with van der Waals surface area (Å²) in [5, 5.41) is 30.0. The molecule has 0 aliphatic rings. The zero-order valence-corrected chi connectivity index (χ0v) is 14.5. The first-order valence-electron chi connectivity index (χ1n) is 8.18. The highest BCUT2D eigenvalue weighted by atomic mass is 16.6. The number of nitro benzene ring substituents is 1. The van der Waals surface area contributed by atoms with E-state index in [1.54, 1.807) is 24.3 Å². The predicted octanol–water partition coefficient (Wildman–Crippen LogP) is 4.91. The minimum Gasteiger partial charge on any atom is -0.508 e. The van der Waals surface area contributed by atoms with Crippen LogP contribution in [0.1, 0.15) is 30.4 Å². The number of methoxy groups -OCH3 is 1. The van der Waals surface area contributed by atoms with Crippen LogP contribution < -0.4 is 4.74 Å². The largest absolute Gasteiger partial charge is 0.508 e. The Bertz CT molecular complexity index is 827. The molecule has 136 valence electrons. The van der Waals surface area contributed by atoms with Crippen molar-refractivity contribution >= 4 is 17.8 Å². The fourth-order valence-corrected chi connectivity index (χ4v) is 2.42. The number of phenols is 2. The lowest BCUT2D eigenvalue weighted by molar-refractivity contribution is -0.385. The summed E-state index contributed by atoms with van der Waals surface area (Å²) in [5.74, 6) is 0.543. The number of rotatable bonds is 8. The van der Waals surface area contributed by atoms with Crippen molar-refractivity contribution in [2.75, 3.05) is 7.11 Å². The van der Waals surface area contributed by atoms with Gasteiger partial charge in [0.1, 0.15) is 5.75 Å². The van der Waals surface area contributed by atoms with Crippen molar-refractivity contribution in [3.05, 3.63) is 69.8 Å². The molecule has 26 heavy (non-hydrogen) atoms. The van der Waals surface area contributed by atoms with Crippen molar-refractivity contribution in [3.8, 4) is 17.2 Å². The average Bonchev–Trinajstić information content (AvgIpc) is 2.62. The third-order valence-corrected chi connectivity index (χ3v) is 3.76. The Morgan fingerprint density at radius 1 is 1.08 bits per heavy atom. The molecule has 0 aliphatic heterocycles. The van der Waals surface area contributed by atoms with Gasteiger partial charge in [-0.05, 0) is 49.1 Å². The molecule has 0 spiro atoms. The summed E-state index contributed by atoms with van der Waals surface area (Å²) in [6, 6.07) is 9.13. The Labute approximate surface area is 151 Å². The van der Waals surface area contributed by atoms with Crippen molar-refractivity contribution < 1.29 is 19.9 Å². The molecule has 0 unspecified atom stereocenters. The van der Waals surface area contributed by atoms with Crippen molar-refractivity contribution in [3.63, 3.8) is 0 Å². The van der Waals surface area contributed by atoms with Gasteiger partial charge >= 0.3 is 0 Å². The van der Waals surface area contributed by atoms with Gasteiger partial charge in [-0.15, -0.1) is 0 Å². The lowest BCUT2D eigenvalue weighted by Crippen LogP contribution is -1.90. The average molecular weight is 355 g/mol. The number of phenolic OH excluding ortho intramolecular Hbond substituents is 2. The van der Waals surface area contributed by atoms with E-state index >= 15 is 0 Å². The topological polar surface area (TPSA) is 92.8 Å². The summed E-state index contributed by atoms with van der Waals surface area (Å²) in [5.41, 5.74) is 1.30. The van der Waals surface area contributed by atoms with E-state index in [9.17, 15) is 20.3 Å². The Balaban J connectivity index is 1.85. The summed E-state index contributed by atoms with van der Waals surface area (Å²) in [6.45, 7) is 0. The Hall–Kier alpha value is -3.28. The van der Waals surface area contributed by atoms with E-state index in [1.165, 1.54) is 25.3 Å². The molecule has 2 aromatic carbocycles. The molecular weight excluding hydrogens is 334 g/mol. The number of hydrogen-bond donors (Lipinski definition) is 2. The van der Waals surface area contributed by atoms with Gasteiger partial charge in [-0.25, -0.2) is 0 Å². The second-order valence-electron chi connectivity index (χ2n) is 5.67. The molecule has 6 heteroatoms. The van der Waals surface area contributed by atoms with Gasteiger partial charge in [0.2, 0.25) is 0 Å². The lowest BCUT2D eigenvalue weighted by atomic mass is 10.1. The summed E-state index contributed by atoms with van der Waals surface area (Å²) in [6.07, 6.45) is 9.98. The van der Waals surface area contributed by atoms with Crippen LogP contribution in [0.25, 0.3) is 12.2 Å². The van der Waals surface area contributed by atoms with Gasteiger partial charge in [-0.2, -0.15) is 0 Å². The highest BCUT2D eigenvalue weighted by Crippen LogP contribution is 2.27. The zero-order valence-electron chi connectivity index (χ0n) is 14.5. The van der Waals surface area contributed by atoms with Crippen LogP contribution in [0.4, 0.5) is 5.69 Å². The van der Waals surface area contributed by atoms with Crippen molar-refractivity contribution in [1.82, 2.24) is 0 Å². The maximum atomic E-state index is 11.0. The molecular formula is C20H21NO5. The van der Waals surface area contributed by atoms with E-state index < -0.39 is 4.92 Å². The number of hydrogen-bond acceptors (Lipinski definition) is 5. The summed E-state index contributed by atoms with van der Waals surface area (Å²) < 4.78 is 5.06. The zero-order chi connectivity index (χ0) is 18.9. The number of aromatic hydroxyl groups is 2. The monoisotopic (exact) mass is 355 g/mol. The number of allylic oxidation sites excluding steroid dienone is 2. The van der Waals surface area contributed by atoms with Crippen LogP contribution in [0.5, 0.6) is 17.2 Å². The van der Waals surface area contributed by atoms with Gasteiger partial charge < -0.3 is 14.9 Å². The maximum absolute atomic E-state index is 11.0. The van der Waals surface area contributed by atoms with Gasteiger partial charge in [-0.3, -0.25) is 10.1 Å². The van der Waals surface area contributed by atoms with Crippen molar-refractivity contribution in [1.29, 1.82) is 0 Å². The molecule has 0 fully saturated rings. The SMILES string of the molecule is COc1cc(/C=C/CCC/C=C/c2cc(O)ccc2[N+](=O)[O-])ccc1O. The van der Waals surface area contributed by atoms with Crippen LogP contribution in [0.15, 0.2) is 48.6 Å². The second kappa shape index (κ2) is 9.27. The standard InChI is InChI=1S/C20H21NO5/c1-26-20-13-15(9-12-19(20)23)7-5-3-2-4-6-8-16-14-17(22)10-11-18(16)21(24)25/h5-14,22-23H,2-4H2,1H3/b7-5+,8-6+. The van der Waals surface area contributed by atoms with Crippen molar-refractivity contribution in [2.24, 2.45) is 0 Å². The van der Waals surface area contributed by atoms with Gasteiger partial charge in [-0.1, -0.05) is 30.4 Å². The maximum Gasteiger partial charge on any atom is 0.276 e. The van der Waals surface area contributed by atoms with E-state index in [2.05, 4.69) is 0 Å². The molecule has 0 atom stereocenters. The van der Waals surface area contributed by atoms with E-state index in [0.717, 1.165) is 24.8 Å². The third-order valence-electron chi connectivity index (χ3n) is 3.76. The van der Waals surface area contributed by atoms with Gasteiger partial charge in [0.05, 0.1) is 17.6 Å². The highest BCUT2D eigenvalue weighted by Gasteiger charge is 2.11. The first-order chi connectivity index (χ1) is 12.5. The molecule has 0 amide bonds. The molecule has 0 aliphatic carbocycles. The highest BCUT2D eigenvalue weighted by molar-refractivity contribution is 5.62.